The van der Waals surface area contributed by atoms with E-state index in [1.54, 1.807) is 49.4 Å². The topological polar surface area (TPSA) is 78.9 Å². The summed E-state index contributed by atoms with van der Waals surface area (Å²) in [5.74, 6) is 0.580. The van der Waals surface area contributed by atoms with Gasteiger partial charge in [-0.05, 0) is 86.7 Å². The van der Waals surface area contributed by atoms with E-state index in [0.29, 0.717) is 42.3 Å². The van der Waals surface area contributed by atoms with E-state index in [1.807, 2.05) is 19.1 Å². The molecule has 216 valence electrons. The van der Waals surface area contributed by atoms with E-state index in [1.165, 1.54) is 0 Å². The molecular formula is C34H44O6. The second-order valence-electron chi connectivity index (χ2n) is 10.1. The maximum atomic E-state index is 12.6. The van der Waals surface area contributed by atoms with Crippen molar-refractivity contribution in [2.75, 3.05) is 13.2 Å². The minimum atomic E-state index is -0.432. The van der Waals surface area contributed by atoms with Gasteiger partial charge in [0.05, 0.1) is 18.8 Å². The van der Waals surface area contributed by atoms with Gasteiger partial charge < -0.3 is 14.2 Å². The van der Waals surface area contributed by atoms with Crippen LogP contribution in [0.5, 0.6) is 11.5 Å². The summed E-state index contributed by atoms with van der Waals surface area (Å²) in [6.45, 7) is 10.3. The Balaban J connectivity index is 1.67. The van der Waals surface area contributed by atoms with E-state index in [2.05, 4.69) is 13.5 Å². The predicted molar refractivity (Wildman–Crippen MR) is 160 cm³/mol. The Morgan fingerprint density at radius 3 is 2.17 bits per heavy atom. The van der Waals surface area contributed by atoms with Crippen molar-refractivity contribution in [3.05, 3.63) is 77.4 Å². The van der Waals surface area contributed by atoms with Crippen LogP contribution in [0.15, 0.2) is 60.7 Å². The first-order valence-corrected chi connectivity index (χ1v) is 14.4. The first-order chi connectivity index (χ1) is 19.3. The Morgan fingerprint density at radius 2 is 1.52 bits per heavy atom. The van der Waals surface area contributed by atoms with Crippen LogP contribution in [0.1, 0.15) is 99.5 Å². The number of carbonyl (C=O) groups excluding carboxylic acids is 3. The molecule has 0 unspecified atom stereocenters. The number of hydrogen-bond donors (Lipinski definition) is 0. The van der Waals surface area contributed by atoms with Crippen molar-refractivity contribution in [1.29, 1.82) is 0 Å². The van der Waals surface area contributed by atoms with Crippen LogP contribution in [-0.2, 0) is 14.3 Å². The van der Waals surface area contributed by atoms with Crippen molar-refractivity contribution >= 4 is 23.8 Å². The molecule has 40 heavy (non-hydrogen) atoms. The van der Waals surface area contributed by atoms with Gasteiger partial charge in [0, 0.05) is 12.0 Å². The highest BCUT2D eigenvalue weighted by molar-refractivity contribution is 5.93. The molecule has 0 bridgehead atoms. The summed E-state index contributed by atoms with van der Waals surface area (Å²) in [6.07, 6.45) is 13.2. The minimum Gasteiger partial charge on any atom is -0.494 e. The monoisotopic (exact) mass is 548 g/mol. The highest BCUT2D eigenvalue weighted by Gasteiger charge is 2.11. The zero-order chi connectivity index (χ0) is 29.2. The number of rotatable bonds is 19. The second kappa shape index (κ2) is 18.6. The number of ether oxygens (including phenoxy) is 3. The zero-order valence-electron chi connectivity index (χ0n) is 24.3. The number of benzene rings is 2. The molecule has 0 heterocycles. The van der Waals surface area contributed by atoms with Crippen molar-refractivity contribution in [3.63, 3.8) is 0 Å². The van der Waals surface area contributed by atoms with Gasteiger partial charge in [0.25, 0.3) is 0 Å². The van der Waals surface area contributed by atoms with Crippen LogP contribution in [0.3, 0.4) is 0 Å². The molecule has 0 fully saturated rings. The fourth-order valence-electron chi connectivity index (χ4n) is 3.95. The summed E-state index contributed by atoms with van der Waals surface area (Å²) >= 11 is 0. The van der Waals surface area contributed by atoms with Crippen LogP contribution in [0.4, 0.5) is 0 Å². The van der Waals surface area contributed by atoms with Crippen molar-refractivity contribution in [3.8, 4) is 11.5 Å². The molecule has 0 aliphatic heterocycles. The summed E-state index contributed by atoms with van der Waals surface area (Å²) < 4.78 is 16.5. The Bertz CT molecular complexity index is 1130. The minimum absolute atomic E-state index is 0.126. The average Bonchev–Trinajstić information content (AvgIpc) is 2.94. The average molecular weight is 549 g/mol. The SMILES string of the molecule is C=C(C)C(=O)OCCCCCCCCOc1ccc(C(=O)Oc2ccc(/C=C/C(=O)CCCCC)cc2C)cc1. The molecule has 0 aliphatic carbocycles. The fraction of sp³-hybridized carbons (Fsp3) is 0.441. The van der Waals surface area contributed by atoms with E-state index < -0.39 is 5.97 Å². The highest BCUT2D eigenvalue weighted by atomic mass is 16.5. The van der Waals surface area contributed by atoms with Crippen molar-refractivity contribution < 1.29 is 28.6 Å². The van der Waals surface area contributed by atoms with Gasteiger partial charge in [-0.2, -0.15) is 0 Å². The van der Waals surface area contributed by atoms with Crippen LogP contribution in [0.2, 0.25) is 0 Å². The molecule has 0 saturated heterocycles. The molecule has 2 aromatic carbocycles. The lowest BCUT2D eigenvalue weighted by Gasteiger charge is -2.10. The summed E-state index contributed by atoms with van der Waals surface area (Å²) in [7, 11) is 0. The van der Waals surface area contributed by atoms with E-state index in [4.69, 9.17) is 14.2 Å². The lowest BCUT2D eigenvalue weighted by Crippen LogP contribution is -2.09. The maximum Gasteiger partial charge on any atom is 0.343 e. The molecular weight excluding hydrogens is 504 g/mol. The maximum absolute atomic E-state index is 12.6. The molecule has 6 heteroatoms. The van der Waals surface area contributed by atoms with Gasteiger partial charge in [-0.3, -0.25) is 4.79 Å². The number of carbonyl (C=O) groups is 3. The van der Waals surface area contributed by atoms with Crippen molar-refractivity contribution in [2.24, 2.45) is 0 Å². The summed E-state index contributed by atoms with van der Waals surface area (Å²) in [5.41, 5.74) is 2.59. The molecule has 0 atom stereocenters. The number of aryl methyl sites for hydroxylation is 1. The first-order valence-electron chi connectivity index (χ1n) is 14.4. The highest BCUT2D eigenvalue weighted by Crippen LogP contribution is 2.22. The Hall–Kier alpha value is -3.67. The van der Waals surface area contributed by atoms with Crippen LogP contribution in [-0.4, -0.2) is 30.9 Å². The molecule has 0 aromatic heterocycles. The number of hydrogen-bond acceptors (Lipinski definition) is 6. The van der Waals surface area contributed by atoms with E-state index in [0.717, 1.165) is 68.9 Å². The first kappa shape index (κ1) is 32.5. The van der Waals surface area contributed by atoms with Gasteiger partial charge in [0.1, 0.15) is 11.5 Å². The molecule has 0 N–H and O–H groups in total. The third-order valence-electron chi connectivity index (χ3n) is 6.37. The molecule has 2 rings (SSSR count). The molecule has 0 aliphatic rings. The third-order valence-corrected chi connectivity index (χ3v) is 6.37. The second-order valence-corrected chi connectivity index (χ2v) is 10.1. The molecule has 0 saturated carbocycles. The lowest BCUT2D eigenvalue weighted by atomic mass is 10.1. The Labute approximate surface area is 239 Å². The fourth-order valence-corrected chi connectivity index (χ4v) is 3.95. The van der Waals surface area contributed by atoms with Gasteiger partial charge in [-0.1, -0.05) is 64.2 Å². The van der Waals surface area contributed by atoms with Crippen molar-refractivity contribution in [2.45, 2.75) is 85.0 Å². The summed E-state index contributed by atoms with van der Waals surface area (Å²) in [5, 5.41) is 0. The van der Waals surface area contributed by atoms with Crippen LogP contribution < -0.4 is 9.47 Å². The number of esters is 2. The Morgan fingerprint density at radius 1 is 0.850 bits per heavy atom. The molecule has 0 spiro atoms. The summed E-state index contributed by atoms with van der Waals surface area (Å²) in [6, 6.07) is 12.5. The van der Waals surface area contributed by atoms with E-state index in [-0.39, 0.29) is 11.8 Å². The number of unbranched alkanes of at least 4 members (excludes halogenated alkanes) is 7. The van der Waals surface area contributed by atoms with Gasteiger partial charge >= 0.3 is 11.9 Å². The van der Waals surface area contributed by atoms with Crippen LogP contribution in [0, 0.1) is 6.92 Å². The van der Waals surface area contributed by atoms with Crippen LogP contribution >= 0.6 is 0 Å². The van der Waals surface area contributed by atoms with Crippen molar-refractivity contribution in [1.82, 2.24) is 0 Å². The lowest BCUT2D eigenvalue weighted by molar-refractivity contribution is -0.139. The standard InChI is InChI=1S/C34H44O6/c1-5-6-11-14-30(35)19-15-28-16-22-32(27(4)25-28)40-34(37)29-17-20-31(21-18-29)38-23-12-9-7-8-10-13-24-39-33(36)26(2)3/h15-22,25H,2,5-14,23-24H2,1,3-4H3/b19-15+. The van der Waals surface area contributed by atoms with Gasteiger partial charge in [-0.15, -0.1) is 0 Å². The van der Waals surface area contributed by atoms with Crippen LogP contribution in [0.25, 0.3) is 6.08 Å². The molecule has 0 radical (unpaired) electrons. The molecule has 2 aromatic rings. The summed E-state index contributed by atoms with van der Waals surface area (Å²) in [4.78, 5) is 35.9. The predicted octanol–water partition coefficient (Wildman–Crippen LogP) is 8.22. The zero-order valence-corrected chi connectivity index (χ0v) is 24.3. The largest absolute Gasteiger partial charge is 0.494 e. The molecule has 6 nitrogen and oxygen atoms in total. The van der Waals surface area contributed by atoms with Gasteiger partial charge in [-0.25, -0.2) is 9.59 Å². The van der Waals surface area contributed by atoms with Gasteiger partial charge in [0.2, 0.25) is 0 Å². The smallest absolute Gasteiger partial charge is 0.343 e. The third kappa shape index (κ3) is 12.9. The normalized spacial score (nSPS) is 10.9. The van der Waals surface area contributed by atoms with E-state index >= 15 is 0 Å². The molecule has 0 amide bonds. The quantitative estimate of drug-likeness (QED) is 0.0762. The van der Waals surface area contributed by atoms with Gasteiger partial charge in [0.15, 0.2) is 5.78 Å². The van der Waals surface area contributed by atoms with E-state index in [9.17, 15) is 14.4 Å². The Kier molecular flexibility index (Phi) is 15.1. The number of allylic oxidation sites excluding steroid dienone is 1. The number of ketones is 1.